The first-order valence-electron chi connectivity index (χ1n) is 15.3. The van der Waals surface area contributed by atoms with Crippen LogP contribution >= 0.6 is 23.2 Å². The molecule has 6 rings (SSSR count). The Bertz CT molecular complexity index is 2030. The maximum atomic E-state index is 14.6. The molecule has 0 amide bonds. The number of nitrogens with two attached hydrogens (primary N) is 1. The summed E-state index contributed by atoms with van der Waals surface area (Å²) in [5, 5.41) is 17.4. The molecule has 0 saturated heterocycles. The van der Waals surface area contributed by atoms with E-state index in [0.717, 1.165) is 31.7 Å². The van der Waals surface area contributed by atoms with Gasteiger partial charge in [0.1, 0.15) is 27.6 Å². The molecule has 0 unspecified atom stereocenters. The number of nitrogen functional groups attached to an aromatic ring is 1. The highest BCUT2D eigenvalue weighted by Crippen LogP contribution is 2.36. The quantitative estimate of drug-likeness (QED) is 0.0782. The van der Waals surface area contributed by atoms with E-state index in [1.54, 1.807) is 20.1 Å². The number of benzene rings is 2. The Hall–Kier alpha value is -4.82. The lowest BCUT2D eigenvalue weighted by Gasteiger charge is -2.17. The number of nitrogens with one attached hydrogen (secondary N) is 2. The van der Waals surface area contributed by atoms with E-state index in [-0.39, 0.29) is 56.0 Å². The lowest BCUT2D eigenvalue weighted by molar-refractivity contribution is -0.384. The number of hydrogen-bond acceptors (Lipinski definition) is 7. The van der Waals surface area contributed by atoms with Gasteiger partial charge in [0.2, 0.25) is 0 Å². The van der Waals surface area contributed by atoms with Crippen molar-refractivity contribution in [1.29, 1.82) is 0 Å². The summed E-state index contributed by atoms with van der Waals surface area (Å²) in [6, 6.07) is 4.80. The summed E-state index contributed by atoms with van der Waals surface area (Å²) < 4.78 is 35.4. The predicted octanol–water partition coefficient (Wildman–Crippen LogP) is 6.49. The number of fused-ring (bicyclic) bond motifs is 2. The zero-order valence-electron chi connectivity index (χ0n) is 25.9. The number of anilines is 3. The highest BCUT2D eigenvalue weighted by Gasteiger charge is 2.28. The second kappa shape index (κ2) is 14.5. The number of nitro groups is 1. The number of nitro benzene ring substituents is 1. The van der Waals surface area contributed by atoms with Crippen molar-refractivity contribution < 1.29 is 13.7 Å². The van der Waals surface area contributed by atoms with Gasteiger partial charge in [-0.25, -0.2) is 18.1 Å². The maximum absolute atomic E-state index is 14.6. The maximum Gasteiger partial charge on any atom is 0.295 e. The summed E-state index contributed by atoms with van der Waals surface area (Å²) in [7, 11) is 0. The van der Waals surface area contributed by atoms with Gasteiger partial charge in [-0.15, -0.1) is 13.2 Å². The monoisotopic (exact) mass is 702 g/mol. The summed E-state index contributed by atoms with van der Waals surface area (Å²) in [6.07, 6.45) is 6.77. The van der Waals surface area contributed by atoms with E-state index in [9.17, 15) is 28.5 Å². The van der Waals surface area contributed by atoms with Crippen LogP contribution < -0.4 is 27.5 Å². The average molecular weight is 704 g/mol. The summed E-state index contributed by atoms with van der Waals surface area (Å²) in [5.41, 5.74) is 5.99. The van der Waals surface area contributed by atoms with Crippen LogP contribution in [0.1, 0.15) is 25.7 Å². The van der Waals surface area contributed by atoms with Crippen LogP contribution in [0.3, 0.4) is 0 Å². The summed E-state index contributed by atoms with van der Waals surface area (Å²) >= 11 is 12.7. The van der Waals surface area contributed by atoms with Gasteiger partial charge in [-0.3, -0.25) is 29.1 Å². The van der Waals surface area contributed by atoms with Gasteiger partial charge in [0.25, 0.3) is 16.8 Å². The molecule has 0 aliphatic carbocycles. The molecule has 0 fully saturated rings. The van der Waals surface area contributed by atoms with Crippen LogP contribution in [0, 0.1) is 21.7 Å². The fourth-order valence-electron chi connectivity index (χ4n) is 5.85. The highest BCUT2D eigenvalue weighted by atomic mass is 35.5. The lowest BCUT2D eigenvalue weighted by atomic mass is 10.1. The van der Waals surface area contributed by atoms with Crippen molar-refractivity contribution in [2.24, 2.45) is 0 Å². The Morgan fingerprint density at radius 2 is 1.19 bits per heavy atom. The molecule has 0 saturated carbocycles. The Balaban J connectivity index is 0.000000188. The molecule has 4 N–H and O–H groups in total. The third-order valence-electron chi connectivity index (χ3n) is 8.16. The Kier molecular flexibility index (Phi) is 10.4. The molecule has 0 radical (unpaired) electrons. The van der Waals surface area contributed by atoms with Gasteiger partial charge in [-0.2, -0.15) is 0 Å². The van der Waals surface area contributed by atoms with E-state index in [0.29, 0.717) is 38.4 Å². The highest BCUT2D eigenvalue weighted by molar-refractivity contribution is 6.32. The average Bonchev–Trinajstić information content (AvgIpc) is 3.48. The smallest absolute Gasteiger partial charge is 0.295 e. The zero-order valence-corrected chi connectivity index (χ0v) is 27.4. The molecule has 16 heteroatoms. The predicted molar refractivity (Wildman–Crippen MR) is 185 cm³/mol. The zero-order chi connectivity index (χ0) is 34.7. The largest absolute Gasteiger partial charge is 0.397 e. The number of hydrogen-bond donors (Lipinski definition) is 3. The van der Waals surface area contributed by atoms with Gasteiger partial charge >= 0.3 is 0 Å². The Labute approximate surface area is 283 Å². The SMILES string of the molecule is C=CCNc1cc(-c2c(Cl)n3n(c2=O)CCCC3)c(F)cc1N.C=CCNc1cc(-c2c(Cl)n3n(c2=O)CCCC3)c(F)cc1[N+](=O)[O-]. The molecule has 0 bridgehead atoms. The van der Waals surface area contributed by atoms with E-state index in [1.165, 1.54) is 29.0 Å². The van der Waals surface area contributed by atoms with Crippen LogP contribution in [0.25, 0.3) is 22.3 Å². The molecule has 2 aliphatic heterocycles. The molecule has 254 valence electrons. The first-order valence-corrected chi connectivity index (χ1v) is 16.0. The molecule has 2 aromatic heterocycles. The van der Waals surface area contributed by atoms with Gasteiger partial charge < -0.3 is 16.4 Å². The van der Waals surface area contributed by atoms with Crippen molar-refractivity contribution in [3.8, 4) is 22.3 Å². The van der Waals surface area contributed by atoms with Gasteiger partial charge in [0.15, 0.2) is 0 Å². The minimum absolute atomic E-state index is 0.0256. The van der Waals surface area contributed by atoms with Gasteiger partial charge in [0.05, 0.1) is 33.5 Å². The van der Waals surface area contributed by atoms with Crippen molar-refractivity contribution in [2.75, 3.05) is 29.5 Å². The second-order valence-corrected chi connectivity index (χ2v) is 11.9. The van der Waals surface area contributed by atoms with Crippen LogP contribution in [-0.4, -0.2) is 36.7 Å². The molecular formula is C32H34Cl2F2N8O4. The topological polar surface area (TPSA) is 147 Å². The third-order valence-corrected chi connectivity index (χ3v) is 8.93. The van der Waals surface area contributed by atoms with Crippen LogP contribution in [-0.2, 0) is 26.2 Å². The number of nitrogens with zero attached hydrogens (tertiary/aromatic N) is 5. The summed E-state index contributed by atoms with van der Waals surface area (Å²) in [4.78, 5) is 35.7. The van der Waals surface area contributed by atoms with Crippen LogP contribution in [0.5, 0.6) is 0 Å². The van der Waals surface area contributed by atoms with E-state index in [1.807, 2.05) is 0 Å². The van der Waals surface area contributed by atoms with Crippen molar-refractivity contribution in [3.63, 3.8) is 0 Å². The molecule has 4 heterocycles. The summed E-state index contributed by atoms with van der Waals surface area (Å²) in [6.45, 7) is 10.2. The normalized spacial score (nSPS) is 13.5. The molecular weight excluding hydrogens is 669 g/mol. The number of rotatable bonds is 9. The van der Waals surface area contributed by atoms with E-state index >= 15 is 0 Å². The minimum atomic E-state index is -0.863. The lowest BCUT2D eigenvalue weighted by Crippen LogP contribution is -2.27. The van der Waals surface area contributed by atoms with Crippen LogP contribution in [0.2, 0.25) is 10.3 Å². The fraction of sp³-hybridized carbons (Fsp3) is 0.312. The van der Waals surface area contributed by atoms with Crippen LogP contribution in [0.15, 0.2) is 59.2 Å². The fourth-order valence-corrected chi connectivity index (χ4v) is 6.57. The number of aromatic nitrogens is 4. The standard InChI is InChI=1S/C16H16ClFN4O3.C16H18ClFN4O/c1-2-5-19-12-8-10(11(18)9-13(12)22(24)25)14-15(17)20-6-3-4-7-21(20)16(14)23;1-2-5-20-13-8-10(11(18)9-12(13)19)14-15(17)21-6-3-4-7-22(21)16(14)23/h2,8-9,19H,1,3-7H2;2,8-9,20H,1,3-7,19H2. The Morgan fingerprint density at radius 1 is 0.771 bits per heavy atom. The molecule has 48 heavy (non-hydrogen) atoms. The van der Waals surface area contributed by atoms with E-state index in [4.69, 9.17) is 28.9 Å². The van der Waals surface area contributed by atoms with Crippen molar-refractivity contribution in [2.45, 2.75) is 51.9 Å². The Morgan fingerprint density at radius 3 is 1.62 bits per heavy atom. The van der Waals surface area contributed by atoms with Gasteiger partial charge in [-0.1, -0.05) is 35.4 Å². The molecule has 4 aromatic rings. The molecule has 0 atom stereocenters. The first kappa shape index (κ1) is 34.5. The minimum Gasteiger partial charge on any atom is -0.397 e. The molecule has 2 aromatic carbocycles. The van der Waals surface area contributed by atoms with Crippen molar-refractivity contribution in [1.82, 2.24) is 18.7 Å². The van der Waals surface area contributed by atoms with Gasteiger partial charge in [-0.05, 0) is 43.9 Å². The van der Waals surface area contributed by atoms with E-state index < -0.39 is 27.8 Å². The van der Waals surface area contributed by atoms with E-state index in [2.05, 4.69) is 23.8 Å². The molecule has 2 aliphatic rings. The van der Waals surface area contributed by atoms with Crippen molar-refractivity contribution >= 4 is 46.0 Å². The number of halogens is 4. The first-order chi connectivity index (χ1) is 23.0. The third kappa shape index (κ3) is 6.49. The van der Waals surface area contributed by atoms with Crippen molar-refractivity contribution in [3.05, 3.63) is 102 Å². The van der Waals surface area contributed by atoms with Crippen LogP contribution in [0.4, 0.5) is 31.5 Å². The summed E-state index contributed by atoms with van der Waals surface area (Å²) in [5.74, 6) is -1.42. The molecule has 0 spiro atoms. The van der Waals surface area contributed by atoms with Gasteiger partial charge in [0, 0.05) is 50.4 Å². The second-order valence-electron chi connectivity index (χ2n) is 11.2. The molecule has 12 nitrogen and oxygen atoms in total.